The maximum absolute atomic E-state index is 12.8. The molecule has 0 saturated heterocycles. The second kappa shape index (κ2) is 3.47. The first kappa shape index (κ1) is 9.57. The third kappa shape index (κ3) is 1.63. The molecule has 1 aromatic rings. The Morgan fingerprint density at radius 2 is 2.00 bits per heavy atom. The Balaban J connectivity index is 3.43. The van der Waals surface area contributed by atoms with Crippen LogP contribution in [0.4, 0.5) is 8.78 Å². The lowest BCUT2D eigenvalue weighted by atomic mass is 10.3. The number of hydrogen-bond donors (Lipinski definition) is 1. The summed E-state index contributed by atoms with van der Waals surface area (Å²) in [5.41, 5.74) is 0. The molecule has 0 fully saturated rings. The summed E-state index contributed by atoms with van der Waals surface area (Å²) in [5.74, 6) is -2.28. The Morgan fingerprint density at radius 1 is 1.42 bits per heavy atom. The molecule has 1 aromatic carbocycles. The highest BCUT2D eigenvalue weighted by Gasteiger charge is 2.16. The molecule has 2 nitrogen and oxygen atoms in total. The van der Waals surface area contributed by atoms with Crippen molar-refractivity contribution in [2.75, 3.05) is 0 Å². The van der Waals surface area contributed by atoms with E-state index >= 15 is 0 Å². The zero-order chi connectivity index (χ0) is 9.30. The molecular weight excluding hydrogens is 210 g/mol. The molecule has 0 aliphatic carbocycles. The van der Waals surface area contributed by atoms with Gasteiger partial charge in [0.2, 0.25) is 0 Å². The van der Waals surface area contributed by atoms with Crippen LogP contribution >= 0.6 is 11.6 Å². The Morgan fingerprint density at radius 3 is 2.42 bits per heavy atom. The second-order valence-electron chi connectivity index (χ2n) is 1.92. The molecule has 0 aliphatic heterocycles. The molecule has 0 aliphatic rings. The van der Waals surface area contributed by atoms with Gasteiger partial charge in [0.15, 0.2) is 16.9 Å². The first-order valence-electron chi connectivity index (χ1n) is 2.78. The topological polar surface area (TPSA) is 37.3 Å². The summed E-state index contributed by atoms with van der Waals surface area (Å²) in [4.78, 5) is -0.914. The predicted octanol–water partition coefficient (Wildman–Crippen LogP) is 2.20. The zero-order valence-electron chi connectivity index (χ0n) is 5.55. The van der Waals surface area contributed by atoms with Gasteiger partial charge in [0, 0.05) is 0 Å². The fourth-order valence-electron chi connectivity index (χ4n) is 0.669. The van der Waals surface area contributed by atoms with Gasteiger partial charge in [0.25, 0.3) is 0 Å². The highest BCUT2D eigenvalue weighted by Crippen LogP contribution is 2.22. The van der Waals surface area contributed by atoms with Crippen LogP contribution in [0.1, 0.15) is 0 Å². The lowest BCUT2D eigenvalue weighted by Crippen LogP contribution is -1.98. The van der Waals surface area contributed by atoms with Crippen LogP contribution in [-0.2, 0) is 11.1 Å². The largest absolute Gasteiger partial charge is 0.302 e. The third-order valence-electron chi connectivity index (χ3n) is 1.18. The van der Waals surface area contributed by atoms with Crippen molar-refractivity contribution in [1.82, 2.24) is 0 Å². The van der Waals surface area contributed by atoms with Gasteiger partial charge in [-0.2, -0.15) is 0 Å². The van der Waals surface area contributed by atoms with E-state index in [0.29, 0.717) is 0 Å². The third-order valence-corrected chi connectivity index (χ3v) is 2.19. The van der Waals surface area contributed by atoms with E-state index in [0.717, 1.165) is 12.1 Å². The van der Waals surface area contributed by atoms with Crippen LogP contribution in [0.5, 0.6) is 0 Å². The Labute approximate surface area is 74.4 Å². The maximum Gasteiger partial charge on any atom is 0.192 e. The molecule has 0 spiro atoms. The van der Waals surface area contributed by atoms with Crippen LogP contribution in [0.25, 0.3) is 0 Å². The molecule has 1 rings (SSSR count). The van der Waals surface area contributed by atoms with Gasteiger partial charge >= 0.3 is 0 Å². The van der Waals surface area contributed by atoms with Crippen LogP contribution in [0.2, 0.25) is 5.02 Å². The minimum atomic E-state index is -2.70. The van der Waals surface area contributed by atoms with Gasteiger partial charge in [-0.05, 0) is 12.1 Å². The van der Waals surface area contributed by atoms with Gasteiger partial charge in [0.1, 0.15) is 10.7 Å². The molecule has 0 aromatic heterocycles. The lowest BCUT2D eigenvalue weighted by Gasteiger charge is -2.00. The van der Waals surface area contributed by atoms with Gasteiger partial charge in [-0.15, -0.1) is 0 Å². The van der Waals surface area contributed by atoms with Gasteiger partial charge in [-0.1, -0.05) is 11.6 Å². The van der Waals surface area contributed by atoms with Crippen LogP contribution in [0.3, 0.4) is 0 Å². The summed E-state index contributed by atoms with van der Waals surface area (Å²) in [7, 11) is 0. The molecule has 0 heterocycles. The minimum Gasteiger partial charge on any atom is -0.302 e. The van der Waals surface area contributed by atoms with E-state index in [9.17, 15) is 13.0 Å². The monoisotopic (exact) mass is 212 g/mol. The molecule has 0 radical (unpaired) electrons. The number of halogens is 3. The van der Waals surface area contributed by atoms with E-state index in [1.165, 1.54) is 0 Å². The van der Waals surface area contributed by atoms with E-state index < -0.39 is 27.6 Å². The zero-order valence-corrected chi connectivity index (χ0v) is 7.12. The van der Waals surface area contributed by atoms with E-state index in [2.05, 4.69) is 0 Å². The molecular formula is C6H3ClF2O2S. The van der Waals surface area contributed by atoms with E-state index in [4.69, 9.17) is 16.2 Å². The minimum absolute atomic E-state index is 0.381. The molecule has 0 saturated carbocycles. The standard InChI is InChI=1S/C6H3ClF2O2S/c7-3-1-2-4(8)6(5(3)9)12(10)11/h1-2H,(H,10,11). The number of benzene rings is 1. The first-order valence-corrected chi connectivity index (χ1v) is 4.27. The average Bonchev–Trinajstić information content (AvgIpc) is 1.97. The summed E-state index contributed by atoms with van der Waals surface area (Å²) in [6.07, 6.45) is 0. The highest BCUT2D eigenvalue weighted by molar-refractivity contribution is 7.79. The van der Waals surface area contributed by atoms with Crippen molar-refractivity contribution in [2.24, 2.45) is 0 Å². The molecule has 66 valence electrons. The van der Waals surface area contributed by atoms with Crippen molar-refractivity contribution >= 4 is 22.7 Å². The van der Waals surface area contributed by atoms with Crippen molar-refractivity contribution < 1.29 is 17.5 Å². The van der Waals surface area contributed by atoms with E-state index in [1.807, 2.05) is 0 Å². The fraction of sp³-hybridized carbons (Fsp3) is 0. The first-order chi connectivity index (χ1) is 5.54. The molecule has 0 bridgehead atoms. The van der Waals surface area contributed by atoms with E-state index in [-0.39, 0.29) is 5.02 Å². The molecule has 1 atom stereocenters. The van der Waals surface area contributed by atoms with Crippen LogP contribution < -0.4 is 0 Å². The number of rotatable bonds is 1. The van der Waals surface area contributed by atoms with Crippen molar-refractivity contribution in [1.29, 1.82) is 0 Å². The summed E-state index contributed by atoms with van der Waals surface area (Å²) in [6.45, 7) is 0. The Kier molecular flexibility index (Phi) is 2.76. The van der Waals surface area contributed by atoms with Crippen molar-refractivity contribution in [3.8, 4) is 0 Å². The molecule has 1 N–H and O–H groups in total. The highest BCUT2D eigenvalue weighted by atomic mass is 35.5. The Bertz CT molecular complexity index is 343. The van der Waals surface area contributed by atoms with Gasteiger partial charge in [0.05, 0.1) is 5.02 Å². The molecule has 12 heavy (non-hydrogen) atoms. The van der Waals surface area contributed by atoms with Gasteiger partial charge in [-0.3, -0.25) is 0 Å². The average molecular weight is 213 g/mol. The summed E-state index contributed by atoms with van der Waals surface area (Å²) >= 11 is 2.55. The van der Waals surface area contributed by atoms with Crippen molar-refractivity contribution in [2.45, 2.75) is 4.90 Å². The summed E-state index contributed by atoms with van der Waals surface area (Å²) in [5, 5.41) is -0.381. The van der Waals surface area contributed by atoms with Crippen LogP contribution in [-0.4, -0.2) is 8.76 Å². The lowest BCUT2D eigenvalue weighted by molar-refractivity contribution is 0.507. The quantitative estimate of drug-likeness (QED) is 0.572. The van der Waals surface area contributed by atoms with Gasteiger partial charge < -0.3 is 4.55 Å². The molecule has 6 heteroatoms. The Hall–Kier alpha value is -0.520. The second-order valence-corrected chi connectivity index (χ2v) is 3.24. The van der Waals surface area contributed by atoms with E-state index in [1.54, 1.807) is 0 Å². The van der Waals surface area contributed by atoms with Crippen LogP contribution in [0, 0.1) is 11.6 Å². The fourth-order valence-corrected chi connectivity index (χ4v) is 1.38. The van der Waals surface area contributed by atoms with Gasteiger partial charge in [-0.25, -0.2) is 13.0 Å². The molecule has 0 amide bonds. The normalized spacial score (nSPS) is 13.0. The maximum atomic E-state index is 12.8. The SMILES string of the molecule is O=S(O)c1c(F)ccc(Cl)c1F. The molecule has 1 unspecified atom stereocenters. The number of hydrogen-bond acceptors (Lipinski definition) is 1. The summed E-state index contributed by atoms with van der Waals surface area (Å²) in [6, 6.07) is 1.80. The van der Waals surface area contributed by atoms with Crippen molar-refractivity contribution in [3.63, 3.8) is 0 Å². The summed E-state index contributed by atoms with van der Waals surface area (Å²) < 4.78 is 44.2. The predicted molar refractivity (Wildman–Crippen MR) is 40.4 cm³/mol. The van der Waals surface area contributed by atoms with Crippen molar-refractivity contribution in [3.05, 3.63) is 28.8 Å². The van der Waals surface area contributed by atoms with Crippen LogP contribution in [0.15, 0.2) is 17.0 Å². The smallest absolute Gasteiger partial charge is 0.192 e.